The normalized spacial score (nSPS) is 22.8. The third kappa shape index (κ3) is 2.59. The summed E-state index contributed by atoms with van der Waals surface area (Å²) in [4.78, 5) is 11.6. The van der Waals surface area contributed by atoms with Crippen LogP contribution in [0.4, 0.5) is 5.82 Å². The van der Waals surface area contributed by atoms with Gasteiger partial charge in [-0.25, -0.2) is 9.97 Å². The molecule has 2 fully saturated rings. The molecule has 0 atom stereocenters. The molecule has 122 valence electrons. The monoisotopic (exact) mass is 311 g/mol. The number of anilines is 1. The van der Waals surface area contributed by atoms with E-state index in [2.05, 4.69) is 53.8 Å². The highest BCUT2D eigenvalue weighted by Crippen LogP contribution is 2.42. The number of nitrogens with zero attached hydrogens (tertiary/aromatic N) is 3. The summed E-state index contributed by atoms with van der Waals surface area (Å²) >= 11 is 0. The Kier molecular flexibility index (Phi) is 3.34. The number of hydrogen-bond acceptors (Lipinski definition) is 4. The Hall–Kier alpha value is -1.68. The van der Waals surface area contributed by atoms with Crippen LogP contribution in [-0.4, -0.2) is 34.3 Å². The van der Waals surface area contributed by atoms with Gasteiger partial charge < -0.3 is 9.64 Å². The van der Waals surface area contributed by atoms with Gasteiger partial charge in [0.25, 0.3) is 0 Å². The van der Waals surface area contributed by atoms with Gasteiger partial charge in [-0.05, 0) is 45.2 Å². The van der Waals surface area contributed by atoms with Gasteiger partial charge in [0.1, 0.15) is 12.1 Å². The van der Waals surface area contributed by atoms with Crippen LogP contribution in [0.5, 0.6) is 0 Å². The Morgan fingerprint density at radius 3 is 2.65 bits per heavy atom. The quantitative estimate of drug-likeness (QED) is 0.801. The van der Waals surface area contributed by atoms with E-state index >= 15 is 0 Å². The minimum Gasteiger partial charge on any atom is -0.365 e. The van der Waals surface area contributed by atoms with Crippen molar-refractivity contribution >= 4 is 16.7 Å². The molecule has 2 heterocycles. The van der Waals surface area contributed by atoms with Crippen molar-refractivity contribution in [3.05, 3.63) is 30.1 Å². The molecule has 4 nitrogen and oxygen atoms in total. The largest absolute Gasteiger partial charge is 0.365 e. The lowest BCUT2D eigenvalue weighted by Crippen LogP contribution is -2.59. The van der Waals surface area contributed by atoms with Gasteiger partial charge in [-0.2, -0.15) is 0 Å². The van der Waals surface area contributed by atoms with E-state index in [9.17, 15) is 0 Å². The summed E-state index contributed by atoms with van der Waals surface area (Å²) < 4.78 is 6.52. The summed E-state index contributed by atoms with van der Waals surface area (Å²) in [7, 11) is 0. The number of ether oxygens (including phenoxy) is 1. The van der Waals surface area contributed by atoms with Crippen molar-refractivity contribution in [3.8, 4) is 0 Å². The number of morpholine rings is 1. The Labute approximate surface area is 137 Å². The average molecular weight is 311 g/mol. The molecule has 0 unspecified atom stereocenters. The highest BCUT2D eigenvalue weighted by molar-refractivity contribution is 5.91. The molecule has 0 bridgehead atoms. The summed E-state index contributed by atoms with van der Waals surface area (Å²) in [5, 5.41) is 1.15. The number of benzene rings is 1. The first-order valence-electron chi connectivity index (χ1n) is 8.64. The Balaban J connectivity index is 1.79. The summed E-state index contributed by atoms with van der Waals surface area (Å²) in [5.41, 5.74) is 2.11. The standard InChI is InChI=1S/C19H25N3O/c1-14-7-6-8-15-16(14)20-13-21-17(15)22-11-18(2,3)23-19(12-22)9-4-5-10-19/h6-8,13H,4-5,9-12H2,1-3H3. The number of aromatic nitrogens is 2. The molecule has 4 heteroatoms. The third-order valence-electron chi connectivity index (χ3n) is 5.20. The first kappa shape index (κ1) is 14.9. The highest BCUT2D eigenvalue weighted by Gasteiger charge is 2.46. The van der Waals surface area contributed by atoms with E-state index in [1.165, 1.54) is 18.4 Å². The molecular formula is C19H25N3O. The molecule has 1 aromatic carbocycles. The summed E-state index contributed by atoms with van der Waals surface area (Å²) in [6.45, 7) is 8.33. The fraction of sp³-hybridized carbons (Fsp3) is 0.579. The van der Waals surface area contributed by atoms with Gasteiger partial charge in [0.2, 0.25) is 0 Å². The third-order valence-corrected chi connectivity index (χ3v) is 5.20. The molecule has 1 saturated carbocycles. The van der Waals surface area contributed by atoms with Crippen LogP contribution in [0.15, 0.2) is 24.5 Å². The van der Waals surface area contributed by atoms with E-state index < -0.39 is 0 Å². The molecule has 0 N–H and O–H groups in total. The number of hydrogen-bond donors (Lipinski definition) is 0. The van der Waals surface area contributed by atoms with E-state index in [0.717, 1.165) is 42.7 Å². The van der Waals surface area contributed by atoms with Gasteiger partial charge in [-0.3, -0.25) is 0 Å². The van der Waals surface area contributed by atoms with E-state index in [1.54, 1.807) is 6.33 Å². The number of aryl methyl sites for hydroxylation is 1. The maximum Gasteiger partial charge on any atom is 0.140 e. The lowest BCUT2D eigenvalue weighted by molar-refractivity contribution is -0.148. The molecule has 1 aromatic heterocycles. The molecule has 0 amide bonds. The van der Waals surface area contributed by atoms with Crippen molar-refractivity contribution in [2.75, 3.05) is 18.0 Å². The Morgan fingerprint density at radius 1 is 1.09 bits per heavy atom. The van der Waals surface area contributed by atoms with Crippen molar-refractivity contribution in [2.24, 2.45) is 0 Å². The first-order valence-corrected chi connectivity index (χ1v) is 8.64. The van der Waals surface area contributed by atoms with Gasteiger partial charge in [-0.15, -0.1) is 0 Å². The second-order valence-corrected chi connectivity index (χ2v) is 7.78. The molecule has 2 aliphatic rings. The molecule has 1 aliphatic heterocycles. The molecule has 23 heavy (non-hydrogen) atoms. The van der Waals surface area contributed by atoms with Crippen LogP contribution < -0.4 is 4.90 Å². The second kappa shape index (κ2) is 5.17. The van der Waals surface area contributed by atoms with E-state index in [1.807, 2.05) is 0 Å². The maximum absolute atomic E-state index is 6.52. The number of rotatable bonds is 1. The summed E-state index contributed by atoms with van der Waals surface area (Å²) in [6, 6.07) is 6.35. The predicted molar refractivity (Wildman–Crippen MR) is 92.9 cm³/mol. The summed E-state index contributed by atoms with van der Waals surface area (Å²) in [6.07, 6.45) is 6.57. The molecule has 2 aromatic rings. The van der Waals surface area contributed by atoms with E-state index in [4.69, 9.17) is 4.74 Å². The lowest BCUT2D eigenvalue weighted by Gasteiger charge is -2.49. The smallest absolute Gasteiger partial charge is 0.140 e. The molecule has 4 rings (SSSR count). The van der Waals surface area contributed by atoms with Crippen molar-refractivity contribution < 1.29 is 4.74 Å². The molecule has 1 aliphatic carbocycles. The number of para-hydroxylation sites is 1. The molecule has 0 radical (unpaired) electrons. The van der Waals surface area contributed by atoms with Crippen molar-refractivity contribution in [3.63, 3.8) is 0 Å². The van der Waals surface area contributed by atoms with Crippen LogP contribution in [0.1, 0.15) is 45.1 Å². The van der Waals surface area contributed by atoms with Crippen LogP contribution in [0.3, 0.4) is 0 Å². The molecule has 1 spiro atoms. The zero-order chi connectivity index (χ0) is 16.1. The zero-order valence-corrected chi connectivity index (χ0v) is 14.3. The topological polar surface area (TPSA) is 38.2 Å². The number of fused-ring (bicyclic) bond motifs is 1. The summed E-state index contributed by atoms with van der Waals surface area (Å²) in [5.74, 6) is 1.06. The SMILES string of the molecule is Cc1cccc2c(N3CC(C)(C)OC4(CCCC4)C3)ncnc12. The molecule has 1 saturated heterocycles. The van der Waals surface area contributed by atoms with Gasteiger partial charge in [-0.1, -0.05) is 25.0 Å². The van der Waals surface area contributed by atoms with Gasteiger partial charge >= 0.3 is 0 Å². The Morgan fingerprint density at radius 2 is 1.87 bits per heavy atom. The van der Waals surface area contributed by atoms with E-state index in [0.29, 0.717) is 0 Å². The van der Waals surface area contributed by atoms with Crippen LogP contribution in [-0.2, 0) is 4.74 Å². The van der Waals surface area contributed by atoms with Gasteiger partial charge in [0, 0.05) is 18.5 Å². The van der Waals surface area contributed by atoms with Crippen LogP contribution in [0.2, 0.25) is 0 Å². The maximum atomic E-state index is 6.52. The predicted octanol–water partition coefficient (Wildman–Crippen LogP) is 3.87. The Bertz CT molecular complexity index is 734. The van der Waals surface area contributed by atoms with E-state index in [-0.39, 0.29) is 11.2 Å². The fourth-order valence-corrected chi connectivity index (χ4v) is 4.42. The first-order chi connectivity index (χ1) is 11.0. The van der Waals surface area contributed by atoms with Gasteiger partial charge in [0.05, 0.1) is 16.7 Å². The zero-order valence-electron chi connectivity index (χ0n) is 14.3. The molecular weight excluding hydrogens is 286 g/mol. The van der Waals surface area contributed by atoms with Crippen molar-refractivity contribution in [2.45, 2.75) is 57.7 Å². The van der Waals surface area contributed by atoms with Crippen LogP contribution in [0, 0.1) is 6.92 Å². The van der Waals surface area contributed by atoms with Crippen LogP contribution in [0.25, 0.3) is 10.9 Å². The average Bonchev–Trinajstić information content (AvgIpc) is 2.92. The van der Waals surface area contributed by atoms with Crippen molar-refractivity contribution in [1.29, 1.82) is 0 Å². The minimum absolute atomic E-state index is 0.00283. The van der Waals surface area contributed by atoms with Gasteiger partial charge in [0.15, 0.2) is 0 Å². The second-order valence-electron chi connectivity index (χ2n) is 7.78. The minimum atomic E-state index is -0.149. The van der Waals surface area contributed by atoms with Crippen LogP contribution >= 0.6 is 0 Å². The highest BCUT2D eigenvalue weighted by atomic mass is 16.5. The lowest BCUT2D eigenvalue weighted by atomic mass is 9.94. The fourth-order valence-electron chi connectivity index (χ4n) is 4.42. The van der Waals surface area contributed by atoms with Crippen molar-refractivity contribution in [1.82, 2.24) is 9.97 Å².